The number of tetrazole rings is 1. The molecule has 0 saturated heterocycles. The number of hydrogen-bond acceptors (Lipinski definition) is 5. The van der Waals surface area contributed by atoms with Crippen LogP contribution in [0.15, 0.2) is 24.3 Å². The zero-order chi connectivity index (χ0) is 15.1. The summed E-state index contributed by atoms with van der Waals surface area (Å²) < 4.78 is 5.37. The summed E-state index contributed by atoms with van der Waals surface area (Å²) in [6.07, 6.45) is 2.02. The molecule has 1 aromatic carbocycles. The largest absolute Gasteiger partial charge is 0.484 e. The predicted octanol–water partition coefficient (Wildman–Crippen LogP) is 1.80. The number of unbranched alkanes of at least 4 members (excludes halogenated alkanes) is 1. The van der Waals surface area contributed by atoms with E-state index in [0.717, 1.165) is 18.4 Å². The molecule has 1 N–H and O–H groups in total. The van der Waals surface area contributed by atoms with E-state index in [2.05, 4.69) is 27.7 Å². The molecule has 7 nitrogen and oxygen atoms in total. The molecule has 0 bridgehead atoms. The van der Waals surface area contributed by atoms with Crippen LogP contribution in [-0.4, -0.2) is 32.7 Å². The minimum Gasteiger partial charge on any atom is -0.484 e. The van der Waals surface area contributed by atoms with E-state index >= 15 is 0 Å². The Hall–Kier alpha value is -2.44. The lowest BCUT2D eigenvalue weighted by Gasteiger charge is -2.05. The number of aromatic nitrogens is 4. The molecule has 0 aliphatic rings. The average Bonchev–Trinajstić information content (AvgIpc) is 2.92. The lowest BCUT2D eigenvalue weighted by atomic mass is 10.2. The van der Waals surface area contributed by atoms with Gasteiger partial charge in [-0.3, -0.25) is 10.1 Å². The summed E-state index contributed by atoms with van der Waals surface area (Å²) in [5.41, 5.74) is 1.14. The van der Waals surface area contributed by atoms with E-state index in [-0.39, 0.29) is 18.5 Å². The number of aryl methyl sites for hydroxylation is 2. The molecule has 2 rings (SSSR count). The van der Waals surface area contributed by atoms with Crippen molar-refractivity contribution in [3.05, 3.63) is 29.8 Å². The molecule has 0 spiro atoms. The molecule has 0 aliphatic carbocycles. The molecule has 2 aromatic rings. The fourth-order valence-electron chi connectivity index (χ4n) is 1.63. The molecular weight excluding hydrogens is 270 g/mol. The Morgan fingerprint density at radius 2 is 2.10 bits per heavy atom. The van der Waals surface area contributed by atoms with Crippen molar-refractivity contribution in [1.29, 1.82) is 0 Å². The number of ether oxygens (including phenoxy) is 1. The zero-order valence-corrected chi connectivity index (χ0v) is 12.2. The number of carbonyl (C=O) groups is 1. The highest BCUT2D eigenvalue weighted by Crippen LogP contribution is 2.11. The highest BCUT2D eigenvalue weighted by molar-refractivity contribution is 5.90. The summed E-state index contributed by atoms with van der Waals surface area (Å²) in [6.45, 7) is 4.68. The molecule has 0 aliphatic heterocycles. The van der Waals surface area contributed by atoms with Crippen LogP contribution < -0.4 is 10.1 Å². The molecule has 0 fully saturated rings. The highest BCUT2D eigenvalue weighted by Gasteiger charge is 2.08. The monoisotopic (exact) mass is 289 g/mol. The molecule has 1 heterocycles. The molecule has 0 radical (unpaired) electrons. The van der Waals surface area contributed by atoms with Gasteiger partial charge in [0.05, 0.1) is 6.54 Å². The van der Waals surface area contributed by atoms with Crippen molar-refractivity contribution in [1.82, 2.24) is 20.2 Å². The molecule has 0 saturated carbocycles. The first-order valence-corrected chi connectivity index (χ1v) is 6.94. The normalized spacial score (nSPS) is 10.4. The van der Waals surface area contributed by atoms with Crippen molar-refractivity contribution >= 4 is 11.9 Å². The quantitative estimate of drug-likeness (QED) is 0.840. The van der Waals surface area contributed by atoms with Gasteiger partial charge in [0.2, 0.25) is 0 Å². The SMILES string of the molecule is CCCCn1nnc(NC(=O)COc2ccc(C)cc2)n1. The molecule has 7 heteroatoms. The van der Waals surface area contributed by atoms with Crippen molar-refractivity contribution in [2.24, 2.45) is 0 Å². The van der Waals surface area contributed by atoms with Crippen LogP contribution >= 0.6 is 0 Å². The molecule has 1 amide bonds. The summed E-state index contributed by atoms with van der Waals surface area (Å²) in [4.78, 5) is 13.2. The summed E-state index contributed by atoms with van der Waals surface area (Å²) in [6, 6.07) is 7.49. The van der Waals surface area contributed by atoms with Gasteiger partial charge in [-0.15, -0.1) is 5.10 Å². The number of anilines is 1. The number of benzene rings is 1. The molecular formula is C14H19N5O2. The number of nitrogens with one attached hydrogen (secondary N) is 1. The third kappa shape index (κ3) is 4.87. The van der Waals surface area contributed by atoms with Gasteiger partial charge < -0.3 is 4.74 Å². The molecule has 0 unspecified atom stereocenters. The molecule has 112 valence electrons. The van der Waals surface area contributed by atoms with Gasteiger partial charge in [0, 0.05) is 0 Å². The van der Waals surface area contributed by atoms with Gasteiger partial charge in [-0.25, -0.2) is 0 Å². The van der Waals surface area contributed by atoms with Crippen molar-refractivity contribution in [2.45, 2.75) is 33.2 Å². The number of rotatable bonds is 7. The highest BCUT2D eigenvalue weighted by atomic mass is 16.5. The Balaban J connectivity index is 1.78. The van der Waals surface area contributed by atoms with Crippen LogP contribution in [0.5, 0.6) is 5.75 Å². The van der Waals surface area contributed by atoms with Gasteiger partial charge in [0.1, 0.15) is 5.75 Å². The average molecular weight is 289 g/mol. The van der Waals surface area contributed by atoms with E-state index < -0.39 is 0 Å². The third-order valence-electron chi connectivity index (χ3n) is 2.81. The number of hydrogen-bond donors (Lipinski definition) is 1. The van der Waals surface area contributed by atoms with Crippen LogP contribution in [0, 0.1) is 6.92 Å². The fourth-order valence-corrected chi connectivity index (χ4v) is 1.63. The second-order valence-electron chi connectivity index (χ2n) is 4.71. The minimum absolute atomic E-state index is 0.0907. The second kappa shape index (κ2) is 7.37. The Kier molecular flexibility index (Phi) is 5.25. The number of nitrogens with zero attached hydrogens (tertiary/aromatic N) is 4. The van der Waals surface area contributed by atoms with E-state index in [1.54, 1.807) is 0 Å². The van der Waals surface area contributed by atoms with Crippen molar-refractivity contribution in [3.8, 4) is 5.75 Å². The summed E-state index contributed by atoms with van der Waals surface area (Å²) in [5, 5.41) is 14.2. The number of amides is 1. The van der Waals surface area contributed by atoms with Crippen LogP contribution in [0.2, 0.25) is 0 Å². The minimum atomic E-state index is -0.314. The maximum absolute atomic E-state index is 11.7. The van der Waals surface area contributed by atoms with E-state index in [1.165, 1.54) is 4.80 Å². The van der Waals surface area contributed by atoms with Crippen LogP contribution in [0.4, 0.5) is 5.95 Å². The number of carbonyl (C=O) groups excluding carboxylic acids is 1. The predicted molar refractivity (Wildman–Crippen MR) is 78.0 cm³/mol. The van der Waals surface area contributed by atoms with Crippen LogP contribution in [0.1, 0.15) is 25.3 Å². The lowest BCUT2D eigenvalue weighted by molar-refractivity contribution is -0.118. The molecule has 21 heavy (non-hydrogen) atoms. The molecule has 0 atom stereocenters. The Morgan fingerprint density at radius 1 is 1.33 bits per heavy atom. The van der Waals surface area contributed by atoms with Gasteiger partial charge in [0.25, 0.3) is 11.9 Å². The zero-order valence-electron chi connectivity index (χ0n) is 12.2. The van der Waals surface area contributed by atoms with Gasteiger partial charge in [-0.1, -0.05) is 36.1 Å². The van der Waals surface area contributed by atoms with E-state index in [9.17, 15) is 4.79 Å². The van der Waals surface area contributed by atoms with E-state index in [0.29, 0.717) is 12.3 Å². The lowest BCUT2D eigenvalue weighted by Crippen LogP contribution is -2.21. The van der Waals surface area contributed by atoms with Crippen molar-refractivity contribution in [2.75, 3.05) is 11.9 Å². The van der Waals surface area contributed by atoms with Crippen LogP contribution in [0.25, 0.3) is 0 Å². The smallest absolute Gasteiger partial charge is 0.270 e. The summed E-state index contributed by atoms with van der Waals surface area (Å²) >= 11 is 0. The van der Waals surface area contributed by atoms with Gasteiger partial charge in [-0.05, 0) is 30.7 Å². The van der Waals surface area contributed by atoms with Gasteiger partial charge in [0.15, 0.2) is 6.61 Å². The van der Waals surface area contributed by atoms with E-state index in [4.69, 9.17) is 4.74 Å². The first-order chi connectivity index (χ1) is 10.2. The third-order valence-corrected chi connectivity index (χ3v) is 2.81. The summed E-state index contributed by atoms with van der Waals surface area (Å²) in [7, 11) is 0. The maximum atomic E-state index is 11.7. The summed E-state index contributed by atoms with van der Waals surface area (Å²) in [5.74, 6) is 0.532. The standard InChI is InChI=1S/C14H19N5O2/c1-3-4-9-19-17-14(16-18-19)15-13(20)10-21-12-7-5-11(2)6-8-12/h5-8H,3-4,9-10H2,1-2H3,(H,15,17,20). The van der Waals surface area contributed by atoms with E-state index in [1.807, 2.05) is 31.2 Å². The first-order valence-electron chi connectivity index (χ1n) is 6.94. The van der Waals surface area contributed by atoms with Crippen molar-refractivity contribution in [3.63, 3.8) is 0 Å². The van der Waals surface area contributed by atoms with Gasteiger partial charge in [-0.2, -0.15) is 4.80 Å². The van der Waals surface area contributed by atoms with Crippen LogP contribution in [-0.2, 0) is 11.3 Å². The molecule has 1 aromatic heterocycles. The maximum Gasteiger partial charge on any atom is 0.270 e. The second-order valence-corrected chi connectivity index (χ2v) is 4.71. The Labute approximate surface area is 123 Å². The Bertz CT molecular complexity index is 579. The Morgan fingerprint density at radius 3 is 2.81 bits per heavy atom. The topological polar surface area (TPSA) is 81.9 Å². The fraction of sp³-hybridized carbons (Fsp3) is 0.429. The van der Waals surface area contributed by atoms with Gasteiger partial charge >= 0.3 is 0 Å². The first kappa shape index (κ1) is 15.0. The van der Waals surface area contributed by atoms with Crippen molar-refractivity contribution < 1.29 is 9.53 Å². The van der Waals surface area contributed by atoms with Crippen LogP contribution in [0.3, 0.4) is 0 Å².